The Hall–Kier alpha value is -0.530. The summed E-state index contributed by atoms with van der Waals surface area (Å²) in [7, 11) is -3.35. The fourth-order valence-corrected chi connectivity index (χ4v) is 4.09. The lowest BCUT2D eigenvalue weighted by Crippen LogP contribution is -2.38. The normalized spacial score (nSPS) is 18.8. The van der Waals surface area contributed by atoms with Gasteiger partial charge in [0.1, 0.15) is 5.82 Å². The van der Waals surface area contributed by atoms with E-state index in [4.69, 9.17) is 0 Å². The molecule has 0 saturated carbocycles. The molecule has 0 unspecified atom stereocenters. The number of thioether (sulfide) groups is 1. The van der Waals surface area contributed by atoms with Gasteiger partial charge in [-0.25, -0.2) is 13.4 Å². The molecule has 1 aliphatic heterocycles. The van der Waals surface area contributed by atoms with Crippen molar-refractivity contribution in [2.45, 2.75) is 18.4 Å². The average molecular weight is 261 g/mol. The fraction of sp³-hybridized carbons (Fsp3) is 0.667. The molecular formula is C9H15N3O2S2. The third-order valence-corrected chi connectivity index (χ3v) is 5.28. The van der Waals surface area contributed by atoms with Crippen LogP contribution in [0.3, 0.4) is 0 Å². The molecule has 0 spiro atoms. The Morgan fingerprint density at radius 3 is 2.75 bits per heavy atom. The maximum Gasteiger partial charge on any atom is 0.260 e. The smallest absolute Gasteiger partial charge is 0.260 e. The topological polar surface area (TPSA) is 66.1 Å². The first-order valence-electron chi connectivity index (χ1n) is 5.26. The minimum atomic E-state index is -3.35. The summed E-state index contributed by atoms with van der Waals surface area (Å²) in [5, 5.41) is 0.219. The Balaban J connectivity index is 2.23. The van der Waals surface area contributed by atoms with Gasteiger partial charge in [-0.15, -0.1) is 0 Å². The Labute approximate surface area is 99.7 Å². The lowest BCUT2D eigenvalue weighted by molar-refractivity contribution is 0.441. The molecule has 16 heavy (non-hydrogen) atoms. The molecular weight excluding hydrogens is 246 g/mol. The van der Waals surface area contributed by atoms with E-state index in [0.717, 1.165) is 11.5 Å². The van der Waals surface area contributed by atoms with Crippen molar-refractivity contribution in [1.82, 2.24) is 14.3 Å². The van der Waals surface area contributed by atoms with E-state index in [-0.39, 0.29) is 5.03 Å². The number of hydrogen-bond donors (Lipinski definition) is 1. The number of imidazole rings is 1. The molecule has 90 valence electrons. The maximum absolute atomic E-state index is 12.2. The van der Waals surface area contributed by atoms with Gasteiger partial charge in [0.15, 0.2) is 5.03 Å². The number of hydrogen-bond acceptors (Lipinski definition) is 4. The number of nitrogens with one attached hydrogen (secondary N) is 1. The van der Waals surface area contributed by atoms with Crippen LogP contribution in [-0.2, 0) is 16.4 Å². The van der Waals surface area contributed by atoms with Gasteiger partial charge in [0.05, 0.1) is 6.20 Å². The van der Waals surface area contributed by atoms with Crippen LogP contribution in [0.4, 0.5) is 0 Å². The molecule has 5 nitrogen and oxygen atoms in total. The summed E-state index contributed by atoms with van der Waals surface area (Å²) in [4.78, 5) is 6.88. The van der Waals surface area contributed by atoms with Gasteiger partial charge < -0.3 is 4.98 Å². The van der Waals surface area contributed by atoms with Gasteiger partial charge in [-0.1, -0.05) is 6.92 Å². The Morgan fingerprint density at radius 1 is 1.50 bits per heavy atom. The Morgan fingerprint density at radius 2 is 2.19 bits per heavy atom. The van der Waals surface area contributed by atoms with Crippen molar-refractivity contribution in [2.75, 3.05) is 24.6 Å². The second-order valence-corrected chi connectivity index (χ2v) is 6.70. The maximum atomic E-state index is 12.2. The van der Waals surface area contributed by atoms with Crippen molar-refractivity contribution >= 4 is 21.8 Å². The summed E-state index contributed by atoms with van der Waals surface area (Å²) in [5.74, 6) is 2.45. The second-order valence-electron chi connectivity index (χ2n) is 3.56. The molecule has 1 aromatic heterocycles. The van der Waals surface area contributed by atoms with Gasteiger partial charge in [-0.2, -0.15) is 16.1 Å². The molecule has 2 heterocycles. The van der Waals surface area contributed by atoms with E-state index in [9.17, 15) is 8.42 Å². The third kappa shape index (κ3) is 2.26. The van der Waals surface area contributed by atoms with Crippen LogP contribution in [0.1, 0.15) is 12.7 Å². The van der Waals surface area contributed by atoms with Gasteiger partial charge in [-0.3, -0.25) is 0 Å². The van der Waals surface area contributed by atoms with Gasteiger partial charge in [0.2, 0.25) is 0 Å². The van der Waals surface area contributed by atoms with Crippen molar-refractivity contribution in [1.29, 1.82) is 0 Å². The van der Waals surface area contributed by atoms with Gasteiger partial charge in [0.25, 0.3) is 10.0 Å². The summed E-state index contributed by atoms with van der Waals surface area (Å²) < 4.78 is 25.8. The van der Waals surface area contributed by atoms with Crippen LogP contribution < -0.4 is 0 Å². The molecule has 0 amide bonds. The molecule has 2 rings (SSSR count). The molecule has 0 aromatic carbocycles. The monoisotopic (exact) mass is 261 g/mol. The number of sulfonamides is 1. The summed E-state index contributed by atoms with van der Waals surface area (Å²) in [6.07, 6.45) is 2.13. The highest BCUT2D eigenvalue weighted by atomic mass is 32.2. The number of H-pyrrole nitrogens is 1. The van der Waals surface area contributed by atoms with Crippen LogP contribution in [0.5, 0.6) is 0 Å². The molecule has 7 heteroatoms. The standard InChI is InChI=1S/C9H15N3O2S2/c1-2-8-10-7-9(11-8)16(13,14)12-3-5-15-6-4-12/h7H,2-6H2,1H3,(H,10,11). The van der Waals surface area contributed by atoms with Crippen LogP contribution in [0, 0.1) is 0 Å². The van der Waals surface area contributed by atoms with E-state index in [0.29, 0.717) is 25.3 Å². The molecule has 0 bridgehead atoms. The molecule has 1 N–H and O–H groups in total. The van der Waals surface area contributed by atoms with Crippen molar-refractivity contribution in [2.24, 2.45) is 0 Å². The molecule has 0 aliphatic carbocycles. The minimum absolute atomic E-state index is 0.219. The van der Waals surface area contributed by atoms with E-state index in [1.54, 1.807) is 11.8 Å². The number of aryl methyl sites for hydroxylation is 1. The van der Waals surface area contributed by atoms with Crippen molar-refractivity contribution in [3.05, 3.63) is 12.0 Å². The molecule has 1 fully saturated rings. The fourth-order valence-electron chi connectivity index (χ4n) is 1.58. The van der Waals surface area contributed by atoms with Crippen LogP contribution in [0.25, 0.3) is 0 Å². The third-order valence-electron chi connectivity index (χ3n) is 2.53. The van der Waals surface area contributed by atoms with Crippen molar-refractivity contribution < 1.29 is 8.42 Å². The number of nitrogens with zero attached hydrogens (tertiary/aromatic N) is 2. The SMILES string of the molecule is CCc1ncc(S(=O)(=O)N2CCSCC2)[nH]1. The molecule has 0 atom stereocenters. The summed E-state index contributed by atoms with van der Waals surface area (Å²) in [6.45, 7) is 3.12. The first-order valence-corrected chi connectivity index (χ1v) is 7.86. The summed E-state index contributed by atoms with van der Waals surface area (Å²) in [6, 6.07) is 0. The first kappa shape index (κ1) is 11.9. The van der Waals surface area contributed by atoms with E-state index >= 15 is 0 Å². The van der Waals surface area contributed by atoms with Gasteiger partial charge in [-0.05, 0) is 0 Å². The molecule has 1 saturated heterocycles. The van der Waals surface area contributed by atoms with Gasteiger partial charge >= 0.3 is 0 Å². The number of aromatic nitrogens is 2. The average Bonchev–Trinajstić information content (AvgIpc) is 2.79. The highest BCUT2D eigenvalue weighted by Crippen LogP contribution is 2.18. The van der Waals surface area contributed by atoms with E-state index < -0.39 is 10.0 Å². The second kappa shape index (κ2) is 4.77. The van der Waals surface area contributed by atoms with Crippen molar-refractivity contribution in [3.63, 3.8) is 0 Å². The number of aromatic amines is 1. The van der Waals surface area contributed by atoms with Crippen LogP contribution >= 0.6 is 11.8 Å². The van der Waals surface area contributed by atoms with E-state index in [2.05, 4.69) is 9.97 Å². The van der Waals surface area contributed by atoms with E-state index in [1.807, 2.05) is 6.92 Å². The Kier molecular flexibility index (Phi) is 3.56. The molecule has 1 aromatic rings. The lowest BCUT2D eigenvalue weighted by atomic mass is 10.5. The Bertz CT molecular complexity index is 449. The van der Waals surface area contributed by atoms with Crippen LogP contribution in [-0.4, -0.2) is 47.3 Å². The zero-order valence-electron chi connectivity index (χ0n) is 9.14. The molecule has 1 aliphatic rings. The predicted molar refractivity (Wildman–Crippen MR) is 64.0 cm³/mol. The van der Waals surface area contributed by atoms with Crippen molar-refractivity contribution in [3.8, 4) is 0 Å². The van der Waals surface area contributed by atoms with Crippen LogP contribution in [0.2, 0.25) is 0 Å². The van der Waals surface area contributed by atoms with Crippen LogP contribution in [0.15, 0.2) is 11.2 Å². The largest absolute Gasteiger partial charge is 0.332 e. The lowest BCUT2D eigenvalue weighted by Gasteiger charge is -2.24. The highest BCUT2D eigenvalue weighted by molar-refractivity contribution is 7.99. The predicted octanol–water partition coefficient (Wildman–Crippen LogP) is 0.710. The summed E-state index contributed by atoms with van der Waals surface area (Å²) in [5.41, 5.74) is 0. The minimum Gasteiger partial charge on any atom is -0.332 e. The highest BCUT2D eigenvalue weighted by Gasteiger charge is 2.27. The first-order chi connectivity index (χ1) is 7.64. The zero-order valence-corrected chi connectivity index (χ0v) is 10.8. The van der Waals surface area contributed by atoms with E-state index in [1.165, 1.54) is 10.5 Å². The van der Waals surface area contributed by atoms with Gasteiger partial charge in [0, 0.05) is 31.0 Å². The zero-order chi connectivity index (χ0) is 11.6. The summed E-state index contributed by atoms with van der Waals surface area (Å²) >= 11 is 1.79. The quantitative estimate of drug-likeness (QED) is 0.870. The molecule has 0 radical (unpaired) electrons. The number of rotatable bonds is 3.